The van der Waals surface area contributed by atoms with E-state index in [1.807, 2.05) is 44.2 Å². The molecule has 5 nitrogen and oxygen atoms in total. The van der Waals surface area contributed by atoms with Gasteiger partial charge >= 0.3 is 5.97 Å². The molecule has 1 fully saturated rings. The van der Waals surface area contributed by atoms with Crippen molar-refractivity contribution >= 4 is 11.9 Å². The summed E-state index contributed by atoms with van der Waals surface area (Å²) in [6.45, 7) is 3.86. The van der Waals surface area contributed by atoms with Crippen molar-refractivity contribution < 1.29 is 19.4 Å². The fourth-order valence-corrected chi connectivity index (χ4v) is 2.71. The van der Waals surface area contributed by atoms with Crippen LogP contribution in [0.3, 0.4) is 0 Å². The van der Waals surface area contributed by atoms with Gasteiger partial charge < -0.3 is 15.2 Å². The zero-order valence-electron chi connectivity index (χ0n) is 12.3. The number of amides is 1. The first kappa shape index (κ1) is 15.5. The minimum atomic E-state index is -1.04. The molecule has 2 N–H and O–H groups in total. The number of aliphatic carboxylic acids is 1. The fraction of sp³-hybridized carbons (Fsp3) is 0.500. The summed E-state index contributed by atoms with van der Waals surface area (Å²) in [6, 6.07) is 8.32. The van der Waals surface area contributed by atoms with Crippen LogP contribution < -0.4 is 5.32 Å². The van der Waals surface area contributed by atoms with E-state index < -0.39 is 18.1 Å². The molecule has 0 radical (unpaired) electrons. The average Bonchev–Trinajstić information content (AvgIpc) is 2.78. The molecule has 0 spiro atoms. The third kappa shape index (κ3) is 4.04. The Hall–Kier alpha value is -1.88. The zero-order valence-corrected chi connectivity index (χ0v) is 12.3. The lowest BCUT2D eigenvalue weighted by Gasteiger charge is -2.19. The Labute approximate surface area is 124 Å². The Kier molecular flexibility index (Phi) is 4.96. The van der Waals surface area contributed by atoms with Crippen LogP contribution in [0.1, 0.15) is 25.8 Å². The van der Waals surface area contributed by atoms with Gasteiger partial charge in [-0.15, -0.1) is 0 Å². The lowest BCUT2D eigenvalue weighted by molar-refractivity contribution is -0.144. The van der Waals surface area contributed by atoms with Gasteiger partial charge in [0.25, 0.3) is 0 Å². The first-order valence-corrected chi connectivity index (χ1v) is 7.20. The number of ether oxygens (including phenoxy) is 1. The fourth-order valence-electron chi connectivity index (χ4n) is 2.71. The number of benzene rings is 1. The molecular weight excluding hydrogens is 270 g/mol. The Morgan fingerprint density at radius 2 is 2.00 bits per heavy atom. The smallest absolute Gasteiger partial charge is 0.326 e. The molecule has 1 saturated heterocycles. The van der Waals surface area contributed by atoms with Gasteiger partial charge in [0, 0.05) is 6.42 Å². The van der Waals surface area contributed by atoms with Gasteiger partial charge in [0.2, 0.25) is 5.91 Å². The largest absolute Gasteiger partial charge is 0.480 e. The zero-order chi connectivity index (χ0) is 15.4. The summed E-state index contributed by atoms with van der Waals surface area (Å²) in [6.07, 6.45) is 0.554. The second kappa shape index (κ2) is 6.72. The average molecular weight is 291 g/mol. The van der Waals surface area contributed by atoms with Crippen LogP contribution in [0.2, 0.25) is 0 Å². The molecule has 0 bridgehead atoms. The molecule has 2 rings (SSSR count). The van der Waals surface area contributed by atoms with Crippen LogP contribution in [0, 0.1) is 5.92 Å². The van der Waals surface area contributed by atoms with Crippen molar-refractivity contribution in [2.75, 3.05) is 0 Å². The van der Waals surface area contributed by atoms with Gasteiger partial charge in [-0.1, -0.05) is 37.3 Å². The van der Waals surface area contributed by atoms with Crippen LogP contribution in [-0.4, -0.2) is 35.2 Å². The Bertz CT molecular complexity index is 502. The number of carbonyl (C=O) groups excluding carboxylic acids is 1. The van der Waals surface area contributed by atoms with Crippen LogP contribution >= 0.6 is 0 Å². The van der Waals surface area contributed by atoms with Crippen molar-refractivity contribution in [3.05, 3.63) is 35.9 Å². The van der Waals surface area contributed by atoms with Crippen molar-refractivity contribution in [1.82, 2.24) is 5.32 Å². The maximum Gasteiger partial charge on any atom is 0.326 e. The molecule has 3 unspecified atom stereocenters. The van der Waals surface area contributed by atoms with E-state index in [1.54, 1.807) is 0 Å². The molecule has 4 atom stereocenters. The van der Waals surface area contributed by atoms with E-state index in [4.69, 9.17) is 4.74 Å². The van der Waals surface area contributed by atoms with Crippen LogP contribution in [0.25, 0.3) is 0 Å². The van der Waals surface area contributed by atoms with Gasteiger partial charge in [-0.2, -0.15) is 0 Å². The van der Waals surface area contributed by atoms with Gasteiger partial charge in [0.05, 0.1) is 6.10 Å². The highest BCUT2D eigenvalue weighted by Gasteiger charge is 2.36. The number of carboxylic acids is 1. The molecule has 1 aromatic carbocycles. The number of hydrogen-bond acceptors (Lipinski definition) is 3. The van der Waals surface area contributed by atoms with E-state index in [1.165, 1.54) is 0 Å². The molecule has 1 heterocycles. The molecule has 5 heteroatoms. The summed E-state index contributed by atoms with van der Waals surface area (Å²) in [4.78, 5) is 23.6. The summed E-state index contributed by atoms with van der Waals surface area (Å²) >= 11 is 0. The molecule has 1 aromatic rings. The minimum Gasteiger partial charge on any atom is -0.480 e. The predicted octanol–water partition coefficient (Wildman–Crippen LogP) is 1.61. The topological polar surface area (TPSA) is 75.6 Å². The highest BCUT2D eigenvalue weighted by Crippen LogP contribution is 2.25. The van der Waals surface area contributed by atoms with Crippen LogP contribution in [0.5, 0.6) is 0 Å². The number of carboxylic acid groups (broad SMARTS) is 1. The summed E-state index contributed by atoms with van der Waals surface area (Å²) in [7, 11) is 0. The molecule has 1 aliphatic rings. The van der Waals surface area contributed by atoms with Gasteiger partial charge in [0.1, 0.15) is 12.1 Å². The normalized spacial score (nSPS) is 26.3. The summed E-state index contributed by atoms with van der Waals surface area (Å²) in [5, 5.41) is 11.9. The molecule has 1 amide bonds. The second-order valence-corrected chi connectivity index (χ2v) is 5.67. The maximum absolute atomic E-state index is 12.2. The van der Waals surface area contributed by atoms with Gasteiger partial charge in [-0.3, -0.25) is 4.79 Å². The Morgan fingerprint density at radius 3 is 2.52 bits per heavy atom. The number of hydrogen-bond donors (Lipinski definition) is 2. The van der Waals surface area contributed by atoms with E-state index in [0.29, 0.717) is 0 Å². The van der Waals surface area contributed by atoms with Crippen molar-refractivity contribution in [3.63, 3.8) is 0 Å². The first-order valence-electron chi connectivity index (χ1n) is 7.20. The van der Waals surface area contributed by atoms with E-state index in [-0.39, 0.29) is 24.3 Å². The number of rotatable bonds is 5. The third-order valence-electron chi connectivity index (χ3n) is 3.76. The molecule has 0 aromatic heterocycles. The standard InChI is InChI=1S/C16H21NO4/c1-10-8-11(2)21-14(10)15(18)17-13(16(19)20)9-12-6-4-3-5-7-12/h3-7,10-11,13-14H,8-9H2,1-2H3,(H,17,18)(H,19,20)/t10?,11?,13-,14?/m0/s1. The monoisotopic (exact) mass is 291 g/mol. The van der Waals surface area contributed by atoms with E-state index >= 15 is 0 Å². The molecule has 0 aliphatic carbocycles. The summed E-state index contributed by atoms with van der Waals surface area (Å²) < 4.78 is 5.56. The number of carbonyl (C=O) groups is 2. The summed E-state index contributed by atoms with van der Waals surface area (Å²) in [5.74, 6) is -1.27. The lowest BCUT2D eigenvalue weighted by Crippen LogP contribution is -2.47. The Morgan fingerprint density at radius 1 is 1.33 bits per heavy atom. The van der Waals surface area contributed by atoms with E-state index in [9.17, 15) is 14.7 Å². The first-order chi connectivity index (χ1) is 9.97. The van der Waals surface area contributed by atoms with Crippen molar-refractivity contribution in [2.24, 2.45) is 5.92 Å². The SMILES string of the molecule is CC1CC(C)C(C(=O)N[C@@H](Cc2ccccc2)C(=O)O)O1. The van der Waals surface area contributed by atoms with Crippen LogP contribution in [-0.2, 0) is 20.7 Å². The lowest BCUT2D eigenvalue weighted by atomic mass is 10.0. The van der Waals surface area contributed by atoms with Gasteiger partial charge in [-0.05, 0) is 24.8 Å². The Balaban J connectivity index is 2.00. The van der Waals surface area contributed by atoms with Gasteiger partial charge in [0.15, 0.2) is 0 Å². The molecule has 21 heavy (non-hydrogen) atoms. The molecule has 0 saturated carbocycles. The highest BCUT2D eigenvalue weighted by molar-refractivity contribution is 5.86. The molecule has 1 aliphatic heterocycles. The predicted molar refractivity (Wildman–Crippen MR) is 77.8 cm³/mol. The minimum absolute atomic E-state index is 0.0353. The van der Waals surface area contributed by atoms with Crippen molar-refractivity contribution in [2.45, 2.75) is 44.9 Å². The van der Waals surface area contributed by atoms with E-state index in [0.717, 1.165) is 12.0 Å². The second-order valence-electron chi connectivity index (χ2n) is 5.67. The quantitative estimate of drug-likeness (QED) is 0.864. The van der Waals surface area contributed by atoms with Crippen LogP contribution in [0.4, 0.5) is 0 Å². The molecule has 114 valence electrons. The molecular formula is C16H21NO4. The highest BCUT2D eigenvalue weighted by atomic mass is 16.5. The van der Waals surface area contributed by atoms with Crippen LogP contribution in [0.15, 0.2) is 30.3 Å². The van der Waals surface area contributed by atoms with Crippen molar-refractivity contribution in [3.8, 4) is 0 Å². The maximum atomic E-state index is 12.2. The third-order valence-corrected chi connectivity index (χ3v) is 3.76. The van der Waals surface area contributed by atoms with E-state index in [2.05, 4.69) is 5.32 Å². The summed E-state index contributed by atoms with van der Waals surface area (Å²) in [5.41, 5.74) is 0.874. The number of nitrogens with one attached hydrogen (secondary N) is 1. The van der Waals surface area contributed by atoms with Crippen molar-refractivity contribution in [1.29, 1.82) is 0 Å². The van der Waals surface area contributed by atoms with Gasteiger partial charge in [-0.25, -0.2) is 4.79 Å².